The summed E-state index contributed by atoms with van der Waals surface area (Å²) in [5, 5.41) is 3.28. The van der Waals surface area contributed by atoms with E-state index in [1.54, 1.807) is 6.20 Å². The van der Waals surface area contributed by atoms with Crippen LogP contribution in [0.1, 0.15) is 23.1 Å². The molecule has 0 aliphatic heterocycles. The highest BCUT2D eigenvalue weighted by atomic mass is 14.9. The molecule has 0 radical (unpaired) electrons. The highest BCUT2D eigenvalue weighted by Crippen LogP contribution is 2.15. The molecule has 0 aromatic carbocycles. The lowest BCUT2D eigenvalue weighted by atomic mass is 10.0. The summed E-state index contributed by atoms with van der Waals surface area (Å²) >= 11 is 0. The van der Waals surface area contributed by atoms with Gasteiger partial charge in [0.25, 0.3) is 0 Å². The van der Waals surface area contributed by atoms with Gasteiger partial charge in [0.15, 0.2) is 0 Å². The van der Waals surface area contributed by atoms with Crippen LogP contribution in [0.15, 0.2) is 36.8 Å². The maximum atomic E-state index is 4.45. The molecule has 0 spiro atoms. The Bertz CT molecular complexity index is 470. The first-order valence-corrected chi connectivity index (χ1v) is 5.65. The molecule has 4 nitrogen and oxygen atoms in total. The largest absolute Gasteiger partial charge is 0.311 e. The minimum atomic E-state index is 0.208. The Balaban J connectivity index is 2.17. The van der Waals surface area contributed by atoms with Gasteiger partial charge in [-0.25, -0.2) is 9.97 Å². The van der Waals surface area contributed by atoms with Gasteiger partial charge in [0.1, 0.15) is 5.82 Å². The van der Waals surface area contributed by atoms with Gasteiger partial charge in [0.05, 0.1) is 11.7 Å². The molecule has 2 aromatic rings. The molecule has 2 rings (SSSR count). The summed E-state index contributed by atoms with van der Waals surface area (Å²) in [4.78, 5) is 12.6. The summed E-state index contributed by atoms with van der Waals surface area (Å²) in [6.45, 7) is 1.91. The standard InChI is InChI=1S/C13H16N4/c1-10-16-8-5-12(17-10)13(14-2)9-11-3-6-15-7-4-11/h3-8,13-14H,9H2,1-2H3. The number of hydrogen-bond acceptors (Lipinski definition) is 4. The molecule has 2 heterocycles. The third-order valence-corrected chi connectivity index (χ3v) is 2.69. The van der Waals surface area contributed by atoms with Gasteiger partial charge in [-0.05, 0) is 44.2 Å². The average molecular weight is 228 g/mol. The van der Waals surface area contributed by atoms with E-state index in [4.69, 9.17) is 0 Å². The first kappa shape index (κ1) is 11.7. The first-order chi connectivity index (χ1) is 8.29. The SMILES string of the molecule is CNC(Cc1ccncc1)c1ccnc(C)n1. The van der Waals surface area contributed by atoms with Gasteiger partial charge < -0.3 is 5.32 Å². The van der Waals surface area contributed by atoms with Crippen molar-refractivity contribution in [2.24, 2.45) is 0 Å². The van der Waals surface area contributed by atoms with E-state index in [0.29, 0.717) is 0 Å². The van der Waals surface area contributed by atoms with Crippen LogP contribution in [0.3, 0.4) is 0 Å². The summed E-state index contributed by atoms with van der Waals surface area (Å²) in [6.07, 6.45) is 6.32. The van der Waals surface area contributed by atoms with E-state index in [2.05, 4.69) is 20.3 Å². The predicted octanol–water partition coefficient (Wildman–Crippen LogP) is 1.68. The van der Waals surface area contributed by atoms with Crippen LogP contribution < -0.4 is 5.32 Å². The van der Waals surface area contributed by atoms with E-state index < -0.39 is 0 Å². The van der Waals surface area contributed by atoms with Crippen molar-refractivity contribution in [3.63, 3.8) is 0 Å². The van der Waals surface area contributed by atoms with Crippen molar-refractivity contribution in [1.29, 1.82) is 0 Å². The van der Waals surface area contributed by atoms with Gasteiger partial charge in [-0.2, -0.15) is 0 Å². The molecule has 0 saturated carbocycles. The van der Waals surface area contributed by atoms with E-state index in [9.17, 15) is 0 Å². The van der Waals surface area contributed by atoms with E-state index in [1.807, 2.05) is 44.6 Å². The number of aryl methyl sites for hydroxylation is 1. The van der Waals surface area contributed by atoms with Gasteiger partial charge in [0.2, 0.25) is 0 Å². The summed E-state index contributed by atoms with van der Waals surface area (Å²) < 4.78 is 0. The van der Waals surface area contributed by atoms with E-state index >= 15 is 0 Å². The monoisotopic (exact) mass is 228 g/mol. The predicted molar refractivity (Wildman–Crippen MR) is 66.5 cm³/mol. The third kappa shape index (κ3) is 3.07. The Kier molecular flexibility index (Phi) is 3.77. The Morgan fingerprint density at radius 1 is 1.18 bits per heavy atom. The molecule has 17 heavy (non-hydrogen) atoms. The lowest BCUT2D eigenvalue weighted by Crippen LogP contribution is -2.20. The normalized spacial score (nSPS) is 12.4. The Hall–Kier alpha value is -1.81. The molecular formula is C13H16N4. The van der Waals surface area contributed by atoms with Crippen molar-refractivity contribution < 1.29 is 0 Å². The van der Waals surface area contributed by atoms with Gasteiger partial charge in [-0.3, -0.25) is 4.98 Å². The molecule has 0 aliphatic rings. The Morgan fingerprint density at radius 3 is 2.59 bits per heavy atom. The zero-order chi connectivity index (χ0) is 12.1. The second-order valence-corrected chi connectivity index (χ2v) is 3.93. The van der Waals surface area contributed by atoms with Crippen molar-refractivity contribution in [3.05, 3.63) is 53.9 Å². The molecule has 1 atom stereocenters. The molecule has 1 unspecified atom stereocenters. The number of rotatable bonds is 4. The molecule has 0 amide bonds. The third-order valence-electron chi connectivity index (χ3n) is 2.69. The minimum absolute atomic E-state index is 0.208. The van der Waals surface area contributed by atoms with Crippen LogP contribution in [0.2, 0.25) is 0 Å². The number of pyridine rings is 1. The maximum Gasteiger partial charge on any atom is 0.125 e. The molecule has 0 saturated heterocycles. The van der Waals surface area contributed by atoms with E-state index in [0.717, 1.165) is 17.9 Å². The smallest absolute Gasteiger partial charge is 0.125 e. The van der Waals surface area contributed by atoms with Gasteiger partial charge in [-0.1, -0.05) is 0 Å². The van der Waals surface area contributed by atoms with Gasteiger partial charge >= 0.3 is 0 Å². The summed E-state index contributed by atoms with van der Waals surface area (Å²) in [6, 6.07) is 6.21. The molecule has 1 N–H and O–H groups in total. The van der Waals surface area contributed by atoms with Crippen molar-refractivity contribution >= 4 is 0 Å². The number of nitrogens with zero attached hydrogens (tertiary/aromatic N) is 3. The highest BCUT2D eigenvalue weighted by Gasteiger charge is 2.11. The fraction of sp³-hybridized carbons (Fsp3) is 0.308. The van der Waals surface area contributed by atoms with Crippen LogP contribution in [0.25, 0.3) is 0 Å². The van der Waals surface area contributed by atoms with Gasteiger partial charge in [0, 0.05) is 18.6 Å². The van der Waals surface area contributed by atoms with Crippen LogP contribution in [0, 0.1) is 6.92 Å². The number of likely N-dealkylation sites (N-methyl/N-ethyl adjacent to an activating group) is 1. The lowest BCUT2D eigenvalue weighted by molar-refractivity contribution is 0.572. The Morgan fingerprint density at radius 2 is 1.94 bits per heavy atom. The zero-order valence-electron chi connectivity index (χ0n) is 10.1. The first-order valence-electron chi connectivity index (χ1n) is 5.65. The summed E-state index contributed by atoms with van der Waals surface area (Å²) in [7, 11) is 1.95. The van der Waals surface area contributed by atoms with Crippen LogP contribution in [-0.4, -0.2) is 22.0 Å². The number of nitrogens with one attached hydrogen (secondary N) is 1. The molecule has 0 aliphatic carbocycles. The zero-order valence-corrected chi connectivity index (χ0v) is 10.1. The summed E-state index contributed by atoms with van der Waals surface area (Å²) in [5.41, 5.74) is 2.27. The number of hydrogen-bond donors (Lipinski definition) is 1. The molecule has 0 fully saturated rings. The van der Waals surface area contributed by atoms with Crippen molar-refractivity contribution in [2.75, 3.05) is 7.05 Å². The maximum absolute atomic E-state index is 4.45. The molecule has 4 heteroatoms. The fourth-order valence-electron chi connectivity index (χ4n) is 1.78. The highest BCUT2D eigenvalue weighted by molar-refractivity contribution is 5.16. The van der Waals surface area contributed by atoms with Crippen molar-refractivity contribution in [2.45, 2.75) is 19.4 Å². The van der Waals surface area contributed by atoms with E-state index in [-0.39, 0.29) is 6.04 Å². The van der Waals surface area contributed by atoms with Crippen molar-refractivity contribution in [1.82, 2.24) is 20.3 Å². The number of aromatic nitrogens is 3. The second kappa shape index (κ2) is 5.50. The molecule has 0 bridgehead atoms. The van der Waals surface area contributed by atoms with Crippen LogP contribution in [0.5, 0.6) is 0 Å². The Labute approximate surface area is 101 Å². The molecular weight excluding hydrogens is 212 g/mol. The van der Waals surface area contributed by atoms with Crippen LogP contribution in [-0.2, 0) is 6.42 Å². The topological polar surface area (TPSA) is 50.7 Å². The minimum Gasteiger partial charge on any atom is -0.311 e. The average Bonchev–Trinajstić information content (AvgIpc) is 2.37. The van der Waals surface area contributed by atoms with E-state index in [1.165, 1.54) is 5.56 Å². The lowest BCUT2D eigenvalue weighted by Gasteiger charge is -2.15. The van der Waals surface area contributed by atoms with Crippen LogP contribution in [0.4, 0.5) is 0 Å². The fourth-order valence-corrected chi connectivity index (χ4v) is 1.78. The molecule has 2 aromatic heterocycles. The second-order valence-electron chi connectivity index (χ2n) is 3.93. The van der Waals surface area contributed by atoms with Crippen LogP contribution >= 0.6 is 0 Å². The quantitative estimate of drug-likeness (QED) is 0.865. The van der Waals surface area contributed by atoms with Gasteiger partial charge in [-0.15, -0.1) is 0 Å². The summed E-state index contributed by atoms with van der Waals surface area (Å²) in [5.74, 6) is 0.803. The molecule has 88 valence electrons. The van der Waals surface area contributed by atoms with Crippen molar-refractivity contribution in [3.8, 4) is 0 Å².